The molecule has 12 heteroatoms. The van der Waals surface area contributed by atoms with Gasteiger partial charge in [-0.2, -0.15) is 13.9 Å². The molecule has 0 atom stereocenters. The predicted molar refractivity (Wildman–Crippen MR) is 142 cm³/mol. The summed E-state index contributed by atoms with van der Waals surface area (Å²) in [6, 6.07) is 12.3. The smallest absolute Gasteiger partial charge is 0.211 e. The topological polar surface area (TPSA) is 101 Å². The molecule has 2 aliphatic rings. The molecule has 11 nitrogen and oxygen atoms in total. The van der Waals surface area contributed by atoms with Crippen molar-refractivity contribution in [2.24, 2.45) is 0 Å². The molecule has 0 amide bonds. The highest BCUT2D eigenvalue weighted by molar-refractivity contribution is 7.88. The second kappa shape index (κ2) is 9.67. The first-order valence-corrected chi connectivity index (χ1v) is 14.6. The lowest BCUT2D eigenvalue weighted by Gasteiger charge is -2.32. The van der Waals surface area contributed by atoms with Crippen LogP contribution in [0, 0.1) is 0 Å². The van der Waals surface area contributed by atoms with Gasteiger partial charge in [0.25, 0.3) is 0 Å². The van der Waals surface area contributed by atoms with Gasteiger partial charge in [-0.3, -0.25) is 9.47 Å². The van der Waals surface area contributed by atoms with Crippen LogP contribution in [0.25, 0.3) is 22.5 Å². The van der Waals surface area contributed by atoms with Gasteiger partial charge in [-0.25, -0.2) is 18.4 Å². The Labute approximate surface area is 216 Å². The van der Waals surface area contributed by atoms with Crippen LogP contribution in [0.2, 0.25) is 0 Å². The number of nitrogens with zero attached hydrogens (tertiary/aromatic N) is 8. The highest BCUT2D eigenvalue weighted by atomic mass is 32.2. The number of fused-ring (bicyclic) bond motifs is 2. The molecule has 196 valence electrons. The van der Waals surface area contributed by atoms with Gasteiger partial charge in [0.15, 0.2) is 5.65 Å². The molecule has 1 aromatic carbocycles. The summed E-state index contributed by atoms with van der Waals surface area (Å²) in [6.45, 7) is 8.03. The molecule has 2 aliphatic heterocycles. The first kappa shape index (κ1) is 24.3. The summed E-state index contributed by atoms with van der Waals surface area (Å²) in [5, 5.41) is 4.95. The molecule has 2 fully saturated rings. The van der Waals surface area contributed by atoms with E-state index in [1.54, 1.807) is 0 Å². The molecule has 2 saturated heterocycles. The van der Waals surface area contributed by atoms with E-state index in [1.165, 1.54) is 10.6 Å². The number of morpholine rings is 1. The number of aryl methyl sites for hydroxylation is 1. The summed E-state index contributed by atoms with van der Waals surface area (Å²) >= 11 is 0. The van der Waals surface area contributed by atoms with E-state index in [2.05, 4.69) is 33.4 Å². The fourth-order valence-electron chi connectivity index (χ4n) is 5.22. The third-order valence-electron chi connectivity index (χ3n) is 7.14. The zero-order valence-corrected chi connectivity index (χ0v) is 22.1. The average Bonchev–Trinajstić information content (AvgIpc) is 3.49. The molecule has 0 saturated carbocycles. The summed E-state index contributed by atoms with van der Waals surface area (Å²) in [6.07, 6.45) is 2.06. The number of anilines is 1. The van der Waals surface area contributed by atoms with E-state index in [9.17, 15) is 8.42 Å². The number of sulfonamides is 1. The van der Waals surface area contributed by atoms with Crippen molar-refractivity contribution in [2.75, 3.05) is 63.6 Å². The van der Waals surface area contributed by atoms with E-state index >= 15 is 0 Å². The van der Waals surface area contributed by atoms with Gasteiger partial charge in [-0.05, 0) is 12.1 Å². The Balaban J connectivity index is 1.39. The number of para-hydroxylation sites is 2. The number of benzene rings is 1. The fraction of sp³-hybridized carbons (Fsp3) is 0.480. The predicted octanol–water partition coefficient (Wildman–Crippen LogP) is 1.54. The lowest BCUT2D eigenvalue weighted by atomic mass is 10.3. The lowest BCUT2D eigenvalue weighted by Crippen LogP contribution is -2.47. The van der Waals surface area contributed by atoms with Crippen molar-refractivity contribution >= 4 is 32.5 Å². The third-order valence-corrected chi connectivity index (χ3v) is 8.45. The molecule has 0 radical (unpaired) electrons. The molecular weight excluding hydrogens is 492 g/mol. The minimum absolute atomic E-state index is 0.501. The van der Waals surface area contributed by atoms with Gasteiger partial charge in [0.1, 0.15) is 17.5 Å². The van der Waals surface area contributed by atoms with Crippen molar-refractivity contribution in [3.8, 4) is 5.82 Å². The number of rotatable bonds is 6. The van der Waals surface area contributed by atoms with E-state index in [0.717, 1.165) is 59.3 Å². The van der Waals surface area contributed by atoms with Crippen molar-refractivity contribution in [3.63, 3.8) is 0 Å². The van der Waals surface area contributed by atoms with Crippen LogP contribution in [-0.2, 0) is 27.7 Å². The van der Waals surface area contributed by atoms with Gasteiger partial charge >= 0.3 is 0 Å². The van der Waals surface area contributed by atoms with E-state index in [0.29, 0.717) is 45.9 Å². The van der Waals surface area contributed by atoms with E-state index in [1.807, 2.05) is 28.8 Å². The second-order valence-corrected chi connectivity index (χ2v) is 11.6. The largest absolute Gasteiger partial charge is 0.378 e. The van der Waals surface area contributed by atoms with Crippen LogP contribution in [0.5, 0.6) is 0 Å². The van der Waals surface area contributed by atoms with Gasteiger partial charge in [-0.1, -0.05) is 19.1 Å². The molecule has 0 N–H and O–H groups in total. The minimum Gasteiger partial charge on any atom is -0.378 e. The van der Waals surface area contributed by atoms with Crippen LogP contribution >= 0.6 is 0 Å². The number of piperazine rings is 1. The van der Waals surface area contributed by atoms with Crippen molar-refractivity contribution in [1.82, 2.24) is 33.4 Å². The fourth-order valence-corrected chi connectivity index (χ4v) is 6.05. The third kappa shape index (κ3) is 4.70. The first-order valence-electron chi connectivity index (χ1n) is 12.8. The number of hydrogen-bond acceptors (Lipinski definition) is 8. The number of hydrogen-bond donors (Lipinski definition) is 0. The van der Waals surface area contributed by atoms with Gasteiger partial charge in [-0.15, -0.1) is 0 Å². The summed E-state index contributed by atoms with van der Waals surface area (Å²) in [5.74, 6) is 2.78. The molecule has 6 rings (SSSR count). The van der Waals surface area contributed by atoms with Crippen LogP contribution in [-0.4, -0.2) is 101 Å². The average molecular weight is 525 g/mol. The zero-order chi connectivity index (χ0) is 25.6. The first-order chi connectivity index (χ1) is 17.9. The Morgan fingerprint density at radius 2 is 1.73 bits per heavy atom. The van der Waals surface area contributed by atoms with Crippen molar-refractivity contribution < 1.29 is 13.2 Å². The van der Waals surface area contributed by atoms with Crippen LogP contribution in [0.3, 0.4) is 0 Å². The Hall–Kier alpha value is -3.06. The Kier molecular flexibility index (Phi) is 6.35. The van der Waals surface area contributed by atoms with E-state index in [-0.39, 0.29) is 0 Å². The number of aromatic nitrogens is 5. The molecule has 0 aliphatic carbocycles. The van der Waals surface area contributed by atoms with Crippen molar-refractivity contribution in [1.29, 1.82) is 0 Å². The van der Waals surface area contributed by atoms with Crippen molar-refractivity contribution in [2.45, 2.75) is 19.9 Å². The Morgan fingerprint density at radius 1 is 0.973 bits per heavy atom. The maximum atomic E-state index is 11.9. The lowest BCUT2D eigenvalue weighted by molar-refractivity contribution is 0.122. The highest BCUT2D eigenvalue weighted by Gasteiger charge is 2.25. The molecule has 37 heavy (non-hydrogen) atoms. The van der Waals surface area contributed by atoms with Crippen LogP contribution in [0.1, 0.15) is 18.4 Å². The second-order valence-electron chi connectivity index (χ2n) is 9.62. The van der Waals surface area contributed by atoms with E-state index in [4.69, 9.17) is 19.8 Å². The van der Waals surface area contributed by atoms with Crippen LogP contribution in [0.4, 0.5) is 5.82 Å². The quantitative estimate of drug-likeness (QED) is 0.375. The summed E-state index contributed by atoms with van der Waals surface area (Å²) < 4.78 is 35.0. The standard InChI is InChI=1S/C25H32N8O3S/c1-3-22-26-20-6-4-5-7-21(20)32(22)23-17-25(30-12-14-36-15-13-30)33-24(27-23)16-19(28-33)18-29-8-10-31(11-9-29)37(2,34)35/h4-7,16-17H,3,8-15,18H2,1-2H3. The molecule has 4 aromatic rings. The summed E-state index contributed by atoms with van der Waals surface area (Å²) in [5.41, 5.74) is 3.69. The van der Waals surface area contributed by atoms with Crippen LogP contribution in [0.15, 0.2) is 36.4 Å². The number of ether oxygens (including phenoxy) is 1. The molecule has 5 heterocycles. The van der Waals surface area contributed by atoms with Gasteiger partial charge in [0.2, 0.25) is 10.0 Å². The van der Waals surface area contributed by atoms with Crippen LogP contribution < -0.4 is 4.90 Å². The Morgan fingerprint density at radius 3 is 2.46 bits per heavy atom. The van der Waals surface area contributed by atoms with Gasteiger partial charge in [0.05, 0.1) is 36.2 Å². The monoisotopic (exact) mass is 524 g/mol. The number of imidazole rings is 1. The molecule has 0 unspecified atom stereocenters. The SMILES string of the molecule is CCc1nc2ccccc2n1-c1cc(N2CCOCC2)n2nc(CN3CCN(S(C)(=O)=O)CC3)cc2n1. The van der Waals surface area contributed by atoms with E-state index < -0.39 is 10.0 Å². The highest BCUT2D eigenvalue weighted by Crippen LogP contribution is 2.26. The zero-order valence-electron chi connectivity index (χ0n) is 21.2. The Bertz CT molecular complexity index is 1530. The normalized spacial score (nSPS) is 18.3. The molecule has 0 bridgehead atoms. The molecular formula is C25H32N8O3S. The molecule has 3 aromatic heterocycles. The van der Waals surface area contributed by atoms with Gasteiger partial charge < -0.3 is 9.64 Å². The summed E-state index contributed by atoms with van der Waals surface area (Å²) in [7, 11) is -3.15. The summed E-state index contributed by atoms with van der Waals surface area (Å²) in [4.78, 5) is 14.4. The maximum Gasteiger partial charge on any atom is 0.211 e. The minimum atomic E-state index is -3.15. The van der Waals surface area contributed by atoms with Gasteiger partial charge in [0, 0.05) is 64.4 Å². The molecule has 0 spiro atoms. The van der Waals surface area contributed by atoms with Crippen molar-refractivity contribution in [3.05, 3.63) is 47.9 Å². The maximum absolute atomic E-state index is 11.9.